The Kier molecular flexibility index (Phi) is 3.03. The summed E-state index contributed by atoms with van der Waals surface area (Å²) in [4.78, 5) is 0. The lowest BCUT2D eigenvalue weighted by Gasteiger charge is -2.34. The second-order valence-electron chi connectivity index (χ2n) is 5.01. The summed E-state index contributed by atoms with van der Waals surface area (Å²) < 4.78 is 23.2. The van der Waals surface area contributed by atoms with Crippen molar-refractivity contribution in [1.82, 2.24) is 0 Å². The quantitative estimate of drug-likeness (QED) is 0.743. The largest absolute Gasteiger partial charge is 0.376 e. The molecule has 0 aromatic rings. The molecule has 2 saturated heterocycles. The first-order chi connectivity index (χ1) is 7.48. The summed E-state index contributed by atoms with van der Waals surface area (Å²) in [7, 11) is 1.71. The molecule has 0 bridgehead atoms. The molecule has 2 rings (SSSR count). The Balaban J connectivity index is 2.21. The van der Waals surface area contributed by atoms with Crippen LogP contribution in [0.3, 0.4) is 0 Å². The molecule has 0 N–H and O–H groups in total. The Labute approximate surface area is 97.2 Å². The minimum Gasteiger partial charge on any atom is -0.376 e. The smallest absolute Gasteiger partial charge is 0.190 e. The molecule has 3 atom stereocenters. The third-order valence-corrected chi connectivity index (χ3v) is 3.71. The summed E-state index contributed by atoms with van der Waals surface area (Å²) in [6, 6.07) is 0. The molecule has 16 heavy (non-hydrogen) atoms. The fourth-order valence-electron chi connectivity index (χ4n) is 2.82. The van der Waals surface area contributed by atoms with Gasteiger partial charge in [0.05, 0.1) is 5.60 Å². The van der Waals surface area contributed by atoms with Gasteiger partial charge in [0.15, 0.2) is 12.1 Å². The second-order valence-corrected chi connectivity index (χ2v) is 5.01. The zero-order chi connectivity index (χ0) is 12.0. The van der Waals surface area contributed by atoms with E-state index < -0.39 is 5.79 Å². The fraction of sp³-hybridized carbons (Fsp3) is 1.00. The number of hydrogen-bond acceptors (Lipinski definition) is 4. The zero-order valence-electron chi connectivity index (χ0n) is 10.8. The van der Waals surface area contributed by atoms with Crippen LogP contribution in [0.5, 0.6) is 0 Å². The second kappa shape index (κ2) is 3.95. The fourth-order valence-corrected chi connectivity index (χ4v) is 2.82. The number of ether oxygens (including phenoxy) is 4. The number of methoxy groups -OCH3 is 1. The van der Waals surface area contributed by atoms with E-state index >= 15 is 0 Å². The number of hydrogen-bond donors (Lipinski definition) is 0. The van der Waals surface area contributed by atoms with Crippen LogP contribution in [0.15, 0.2) is 0 Å². The van der Waals surface area contributed by atoms with Crippen LogP contribution in [-0.2, 0) is 18.9 Å². The van der Waals surface area contributed by atoms with Gasteiger partial charge in [-0.15, -0.1) is 0 Å². The molecule has 0 unspecified atom stereocenters. The topological polar surface area (TPSA) is 36.9 Å². The van der Waals surface area contributed by atoms with E-state index in [2.05, 4.69) is 13.8 Å². The van der Waals surface area contributed by atoms with Gasteiger partial charge in [0.2, 0.25) is 0 Å². The van der Waals surface area contributed by atoms with E-state index in [1.54, 1.807) is 7.11 Å². The summed E-state index contributed by atoms with van der Waals surface area (Å²) in [5, 5.41) is 0. The molecule has 0 amide bonds. The highest BCUT2D eigenvalue weighted by Gasteiger charge is 2.60. The molecule has 0 saturated carbocycles. The zero-order valence-corrected chi connectivity index (χ0v) is 10.8. The Morgan fingerprint density at radius 3 is 2.19 bits per heavy atom. The van der Waals surface area contributed by atoms with Crippen molar-refractivity contribution in [2.45, 2.75) is 70.4 Å². The Morgan fingerprint density at radius 2 is 1.69 bits per heavy atom. The van der Waals surface area contributed by atoms with Crippen LogP contribution in [-0.4, -0.2) is 37.0 Å². The van der Waals surface area contributed by atoms with Crippen molar-refractivity contribution in [2.24, 2.45) is 0 Å². The molecule has 0 aromatic carbocycles. The molecular formula is C12H22O4. The van der Waals surface area contributed by atoms with Crippen molar-refractivity contribution >= 4 is 0 Å². The van der Waals surface area contributed by atoms with Crippen LogP contribution in [0, 0.1) is 0 Å². The molecule has 0 aromatic heterocycles. The highest BCUT2D eigenvalue weighted by atomic mass is 16.8. The minimum absolute atomic E-state index is 0.0470. The van der Waals surface area contributed by atoms with Gasteiger partial charge < -0.3 is 18.9 Å². The first-order valence-electron chi connectivity index (χ1n) is 6.04. The Morgan fingerprint density at radius 1 is 1.06 bits per heavy atom. The number of fused-ring (bicyclic) bond motifs is 1. The van der Waals surface area contributed by atoms with Crippen LogP contribution in [0.4, 0.5) is 0 Å². The summed E-state index contributed by atoms with van der Waals surface area (Å²) in [5.74, 6) is -0.570. The molecule has 2 heterocycles. The van der Waals surface area contributed by atoms with E-state index in [0.717, 1.165) is 12.8 Å². The summed E-state index contributed by atoms with van der Waals surface area (Å²) in [6.07, 6.45) is 1.36. The third kappa shape index (κ3) is 1.68. The lowest BCUT2D eigenvalue weighted by atomic mass is 9.89. The van der Waals surface area contributed by atoms with Crippen molar-refractivity contribution in [1.29, 1.82) is 0 Å². The van der Waals surface area contributed by atoms with E-state index in [9.17, 15) is 0 Å². The van der Waals surface area contributed by atoms with Crippen molar-refractivity contribution in [3.8, 4) is 0 Å². The highest BCUT2D eigenvalue weighted by molar-refractivity contribution is 5.02. The van der Waals surface area contributed by atoms with Gasteiger partial charge in [-0.1, -0.05) is 13.8 Å². The lowest BCUT2D eigenvalue weighted by Crippen LogP contribution is -2.45. The lowest BCUT2D eigenvalue weighted by molar-refractivity contribution is -0.242. The van der Waals surface area contributed by atoms with Gasteiger partial charge in [0.25, 0.3) is 0 Å². The van der Waals surface area contributed by atoms with Gasteiger partial charge in [-0.3, -0.25) is 0 Å². The predicted molar refractivity (Wildman–Crippen MR) is 59.0 cm³/mol. The molecule has 94 valence electrons. The number of rotatable bonds is 3. The van der Waals surface area contributed by atoms with Gasteiger partial charge >= 0.3 is 0 Å². The molecule has 0 spiro atoms. The average molecular weight is 230 g/mol. The van der Waals surface area contributed by atoms with Gasteiger partial charge in [0.1, 0.15) is 12.2 Å². The van der Waals surface area contributed by atoms with E-state index in [-0.39, 0.29) is 24.1 Å². The van der Waals surface area contributed by atoms with Gasteiger partial charge in [0, 0.05) is 7.11 Å². The summed E-state index contributed by atoms with van der Waals surface area (Å²) >= 11 is 0. The van der Waals surface area contributed by atoms with E-state index in [1.807, 2.05) is 13.8 Å². The van der Waals surface area contributed by atoms with Crippen LogP contribution in [0.2, 0.25) is 0 Å². The minimum atomic E-state index is -0.570. The van der Waals surface area contributed by atoms with Crippen LogP contribution < -0.4 is 0 Å². The highest BCUT2D eigenvalue weighted by Crippen LogP contribution is 2.46. The first kappa shape index (κ1) is 12.3. The van der Waals surface area contributed by atoms with E-state index in [1.165, 1.54) is 0 Å². The maximum Gasteiger partial charge on any atom is 0.190 e. The van der Waals surface area contributed by atoms with E-state index in [0.29, 0.717) is 0 Å². The molecular weight excluding hydrogens is 208 g/mol. The first-order valence-corrected chi connectivity index (χ1v) is 6.04. The molecule has 2 fully saturated rings. The van der Waals surface area contributed by atoms with Crippen LogP contribution in [0.25, 0.3) is 0 Å². The van der Waals surface area contributed by atoms with Crippen molar-refractivity contribution in [3.05, 3.63) is 0 Å². The normalized spacial score (nSPS) is 39.9. The standard InChI is InChI=1S/C12H22O4/c1-6-12(7-2)9(13-5)8-10(16-12)15-11(3,4)14-8/h8-10H,6-7H2,1-5H3/t8-,9+,10+/m1/s1. The predicted octanol–water partition coefficient (Wildman–Crippen LogP) is 2.07. The maximum atomic E-state index is 6.04. The van der Waals surface area contributed by atoms with Crippen molar-refractivity contribution in [3.63, 3.8) is 0 Å². The summed E-state index contributed by atoms with van der Waals surface area (Å²) in [5.41, 5.74) is -0.263. The van der Waals surface area contributed by atoms with E-state index in [4.69, 9.17) is 18.9 Å². The van der Waals surface area contributed by atoms with Crippen LogP contribution >= 0.6 is 0 Å². The molecule has 4 nitrogen and oxygen atoms in total. The van der Waals surface area contributed by atoms with Gasteiger partial charge in [-0.05, 0) is 26.7 Å². The average Bonchev–Trinajstić information content (AvgIpc) is 2.66. The van der Waals surface area contributed by atoms with Crippen molar-refractivity contribution < 1.29 is 18.9 Å². The summed E-state index contributed by atoms with van der Waals surface area (Å²) in [6.45, 7) is 8.03. The molecule has 4 heteroatoms. The SMILES string of the molecule is CCC1(CC)O[C@@H]2OC(C)(C)O[C@@H]2[C@@H]1OC. The molecule has 2 aliphatic rings. The van der Waals surface area contributed by atoms with Gasteiger partial charge in [-0.2, -0.15) is 0 Å². The van der Waals surface area contributed by atoms with Gasteiger partial charge in [-0.25, -0.2) is 0 Å². The third-order valence-electron chi connectivity index (χ3n) is 3.71. The Bertz CT molecular complexity index is 260. The maximum absolute atomic E-state index is 6.04. The van der Waals surface area contributed by atoms with Crippen molar-refractivity contribution in [2.75, 3.05) is 7.11 Å². The molecule has 2 aliphatic heterocycles. The monoisotopic (exact) mass is 230 g/mol. The molecule has 0 aliphatic carbocycles. The van der Waals surface area contributed by atoms with Crippen LogP contribution in [0.1, 0.15) is 40.5 Å². The molecule has 0 radical (unpaired) electrons. The Hall–Kier alpha value is -0.160.